The van der Waals surface area contributed by atoms with Gasteiger partial charge in [-0.05, 0) is 78.6 Å². The van der Waals surface area contributed by atoms with Crippen LogP contribution in [0.4, 0.5) is 17.1 Å². The molecule has 0 radical (unpaired) electrons. The van der Waals surface area contributed by atoms with E-state index >= 15 is 0 Å². The second-order valence-electron chi connectivity index (χ2n) is 15.6. The molecule has 1 aliphatic carbocycles. The van der Waals surface area contributed by atoms with Crippen LogP contribution in [0.25, 0.3) is 32.7 Å². The number of hydrogen-bond acceptors (Lipinski definition) is 2. The molecule has 9 aromatic carbocycles. The Morgan fingerprint density at radius 1 is 0.446 bits per heavy atom. The zero-order valence-corrected chi connectivity index (χ0v) is 32.4. The van der Waals surface area contributed by atoms with Crippen LogP contribution in [-0.4, -0.2) is 8.07 Å². The molecule has 0 bridgehead atoms. The number of fused-ring (bicyclic) bond motifs is 8. The molecule has 0 spiro atoms. The van der Waals surface area contributed by atoms with Crippen LogP contribution >= 0.6 is 0 Å². The van der Waals surface area contributed by atoms with Gasteiger partial charge >= 0.3 is 0 Å². The molecule has 266 valence electrons. The highest BCUT2D eigenvalue weighted by molar-refractivity contribution is 7.02. The first-order valence-electron chi connectivity index (χ1n) is 19.5. The van der Waals surface area contributed by atoms with E-state index in [0.29, 0.717) is 0 Å². The maximum absolute atomic E-state index is 7.63. The molecule has 56 heavy (non-hydrogen) atoms. The largest absolute Gasteiger partial charge is 0.455 e. The molecule has 2 aliphatic rings. The first-order valence-corrected chi connectivity index (χ1v) is 22.5. The third-order valence-electron chi connectivity index (χ3n) is 12.4. The Labute approximate surface area is 328 Å². The van der Waals surface area contributed by atoms with Gasteiger partial charge in [0.1, 0.15) is 13.8 Å². The molecule has 0 saturated heterocycles. The molecule has 1 aliphatic heterocycles. The van der Waals surface area contributed by atoms with Crippen molar-refractivity contribution in [1.29, 1.82) is 0 Å². The molecule has 11 rings (SSSR count). The summed E-state index contributed by atoms with van der Waals surface area (Å²) in [6.45, 7) is 4.98. The summed E-state index contributed by atoms with van der Waals surface area (Å²) in [7, 11) is -2.33. The third-order valence-corrected chi connectivity index (χ3v) is 15.8. The molecule has 0 saturated carbocycles. The minimum atomic E-state index is -2.33. The number of nitrogens with zero attached hydrogens (tertiary/aromatic N) is 1. The van der Waals surface area contributed by atoms with Crippen molar-refractivity contribution in [2.24, 2.45) is 0 Å². The summed E-state index contributed by atoms with van der Waals surface area (Å²) in [4.78, 5) is 2.43. The molecule has 3 heteroatoms. The fourth-order valence-corrected chi connectivity index (χ4v) is 12.6. The van der Waals surface area contributed by atoms with Crippen molar-refractivity contribution in [2.45, 2.75) is 18.5 Å². The van der Waals surface area contributed by atoms with E-state index in [1.807, 2.05) is 0 Å². The van der Waals surface area contributed by atoms with Crippen molar-refractivity contribution in [3.05, 3.63) is 222 Å². The lowest BCUT2D eigenvalue weighted by atomic mass is 9.68. The predicted octanol–water partition coefficient (Wildman–Crippen LogP) is 12.8. The first-order chi connectivity index (χ1) is 27.5. The van der Waals surface area contributed by atoms with Gasteiger partial charge in [0, 0.05) is 16.6 Å². The standard InChI is InChI=1S/C53H39NOSi/c1-56(2)48-30-16-29-47(54(41-32-31-36-17-9-10-19-38(36)35-41)46-28-15-20-37-18-11-12-25-42(37)46)51(48)55-52-49(56)34-33-45-50(52)43-26-13-14-27-44(43)53(45,39-21-5-3-6-22-39)40-23-7-4-8-24-40/h3-35H,1-2H3. The molecular formula is C53H39NOSi. The van der Waals surface area contributed by atoms with E-state index in [2.05, 4.69) is 218 Å². The summed E-state index contributed by atoms with van der Waals surface area (Å²) in [5, 5.41) is 7.45. The third kappa shape index (κ3) is 4.61. The van der Waals surface area contributed by atoms with Gasteiger partial charge in [-0.1, -0.05) is 189 Å². The Balaban J connectivity index is 1.19. The van der Waals surface area contributed by atoms with Crippen LogP contribution in [-0.2, 0) is 5.41 Å². The second kappa shape index (κ2) is 12.4. The van der Waals surface area contributed by atoms with E-state index in [0.717, 1.165) is 28.6 Å². The van der Waals surface area contributed by atoms with Crippen LogP contribution in [0, 0.1) is 0 Å². The lowest BCUT2D eigenvalue weighted by Gasteiger charge is -2.38. The minimum Gasteiger partial charge on any atom is -0.455 e. The number of benzene rings is 9. The zero-order chi connectivity index (χ0) is 37.4. The van der Waals surface area contributed by atoms with Crippen molar-refractivity contribution in [2.75, 3.05) is 4.90 Å². The molecule has 0 atom stereocenters. The van der Waals surface area contributed by atoms with Gasteiger partial charge < -0.3 is 9.64 Å². The molecule has 2 nitrogen and oxygen atoms in total. The van der Waals surface area contributed by atoms with Gasteiger partial charge in [0.25, 0.3) is 0 Å². The molecule has 9 aromatic rings. The van der Waals surface area contributed by atoms with Crippen molar-refractivity contribution < 1.29 is 4.74 Å². The SMILES string of the molecule is C[Si]1(C)c2cccc(N(c3ccc4ccccc4c3)c3cccc4ccccc34)c2Oc2c1ccc1c2-c2ccccc2C1(c1ccccc1)c1ccccc1. The van der Waals surface area contributed by atoms with Crippen LogP contribution in [0.3, 0.4) is 0 Å². The lowest BCUT2D eigenvalue weighted by Crippen LogP contribution is -2.56. The Morgan fingerprint density at radius 2 is 1.05 bits per heavy atom. The average Bonchev–Trinajstić information content (AvgIpc) is 3.56. The highest BCUT2D eigenvalue weighted by Gasteiger charge is 2.50. The summed E-state index contributed by atoms with van der Waals surface area (Å²) in [6, 6.07) is 73.4. The Hall–Kier alpha value is -6.68. The number of anilines is 3. The van der Waals surface area contributed by atoms with Gasteiger partial charge in [0.05, 0.1) is 16.8 Å². The molecule has 0 fully saturated rings. The number of ether oxygens (including phenoxy) is 1. The summed E-state index contributed by atoms with van der Waals surface area (Å²) in [6.07, 6.45) is 0. The maximum atomic E-state index is 7.63. The topological polar surface area (TPSA) is 12.5 Å². The Morgan fingerprint density at radius 3 is 1.84 bits per heavy atom. The highest BCUT2D eigenvalue weighted by atomic mass is 28.3. The van der Waals surface area contributed by atoms with Gasteiger partial charge in [-0.2, -0.15) is 0 Å². The number of para-hydroxylation sites is 1. The average molecular weight is 734 g/mol. The number of rotatable bonds is 5. The Kier molecular flexibility index (Phi) is 7.26. The smallest absolute Gasteiger partial charge is 0.151 e. The molecule has 0 amide bonds. The van der Waals surface area contributed by atoms with E-state index in [1.54, 1.807) is 0 Å². The summed E-state index contributed by atoms with van der Waals surface area (Å²) in [5.41, 5.74) is 10.3. The molecule has 0 unspecified atom stereocenters. The summed E-state index contributed by atoms with van der Waals surface area (Å²) < 4.78 is 7.63. The van der Waals surface area contributed by atoms with Crippen LogP contribution in [0.5, 0.6) is 11.5 Å². The summed E-state index contributed by atoms with van der Waals surface area (Å²) in [5.74, 6) is 1.94. The minimum absolute atomic E-state index is 0.502. The molecule has 1 heterocycles. The number of hydrogen-bond donors (Lipinski definition) is 0. The van der Waals surface area contributed by atoms with Crippen molar-refractivity contribution in [3.8, 4) is 22.6 Å². The van der Waals surface area contributed by atoms with Crippen LogP contribution < -0.4 is 20.0 Å². The van der Waals surface area contributed by atoms with E-state index in [-0.39, 0.29) is 0 Å². The predicted molar refractivity (Wildman–Crippen MR) is 237 cm³/mol. The quantitative estimate of drug-likeness (QED) is 0.163. The molecular weight excluding hydrogens is 695 g/mol. The molecule has 0 N–H and O–H groups in total. The van der Waals surface area contributed by atoms with E-state index in [9.17, 15) is 0 Å². The lowest BCUT2D eigenvalue weighted by molar-refractivity contribution is 0.489. The van der Waals surface area contributed by atoms with E-state index in [1.165, 1.54) is 65.3 Å². The fraction of sp³-hybridized carbons (Fsp3) is 0.0566. The second-order valence-corrected chi connectivity index (χ2v) is 20.0. The zero-order valence-electron chi connectivity index (χ0n) is 31.4. The van der Waals surface area contributed by atoms with E-state index in [4.69, 9.17) is 4.74 Å². The Bertz CT molecular complexity index is 2940. The van der Waals surface area contributed by atoms with Crippen molar-refractivity contribution in [1.82, 2.24) is 0 Å². The van der Waals surface area contributed by atoms with E-state index < -0.39 is 13.5 Å². The van der Waals surface area contributed by atoms with Gasteiger partial charge in [-0.25, -0.2) is 0 Å². The van der Waals surface area contributed by atoms with Gasteiger partial charge in [-0.3, -0.25) is 0 Å². The van der Waals surface area contributed by atoms with Gasteiger partial charge in [-0.15, -0.1) is 0 Å². The maximum Gasteiger partial charge on any atom is 0.151 e. The monoisotopic (exact) mass is 733 g/mol. The van der Waals surface area contributed by atoms with Crippen molar-refractivity contribution >= 4 is 57.1 Å². The van der Waals surface area contributed by atoms with Crippen LogP contribution in [0.1, 0.15) is 22.3 Å². The van der Waals surface area contributed by atoms with Crippen molar-refractivity contribution in [3.63, 3.8) is 0 Å². The fourth-order valence-electron chi connectivity index (χ4n) is 9.77. The van der Waals surface area contributed by atoms with Gasteiger partial charge in [0.15, 0.2) is 5.75 Å². The first kappa shape index (κ1) is 32.7. The van der Waals surface area contributed by atoms with Crippen LogP contribution in [0.2, 0.25) is 13.1 Å². The van der Waals surface area contributed by atoms with Gasteiger partial charge in [0.2, 0.25) is 0 Å². The normalized spacial score (nSPS) is 14.3. The highest BCUT2D eigenvalue weighted by Crippen LogP contribution is 2.59. The van der Waals surface area contributed by atoms with Crippen LogP contribution in [0.15, 0.2) is 200 Å². The molecule has 0 aromatic heterocycles. The summed E-state index contributed by atoms with van der Waals surface area (Å²) >= 11 is 0.